The number of carbonyl (C=O) groups is 1. The van der Waals surface area contributed by atoms with Gasteiger partial charge in [0.05, 0.1) is 22.5 Å². The number of hydrogen-bond acceptors (Lipinski definition) is 6. The molecule has 1 fully saturated rings. The number of amides is 1. The Hall–Kier alpha value is -3.13. The molecule has 0 bridgehead atoms. The molecular formula is C26H29NO6S. The predicted molar refractivity (Wildman–Crippen MR) is 132 cm³/mol. The first kappa shape index (κ1) is 24.0. The lowest BCUT2D eigenvalue weighted by molar-refractivity contribution is -0.135. The maximum atomic E-state index is 13.1. The number of aryl methyl sites for hydroxylation is 1. The molecule has 1 saturated heterocycles. The van der Waals surface area contributed by atoms with E-state index in [-0.39, 0.29) is 35.5 Å². The van der Waals surface area contributed by atoms with Gasteiger partial charge in [-0.15, -0.1) is 0 Å². The van der Waals surface area contributed by atoms with Crippen LogP contribution in [0.5, 0.6) is 5.75 Å². The van der Waals surface area contributed by atoms with Gasteiger partial charge in [0.15, 0.2) is 16.4 Å². The van der Waals surface area contributed by atoms with Gasteiger partial charge in [0, 0.05) is 18.7 Å². The van der Waals surface area contributed by atoms with Gasteiger partial charge in [-0.05, 0) is 37.5 Å². The minimum Gasteiger partial charge on any atom is -0.484 e. The van der Waals surface area contributed by atoms with Crippen molar-refractivity contribution in [3.8, 4) is 16.9 Å². The fourth-order valence-corrected chi connectivity index (χ4v) is 6.13. The maximum absolute atomic E-state index is 13.1. The van der Waals surface area contributed by atoms with Crippen molar-refractivity contribution in [3.63, 3.8) is 0 Å². The number of rotatable bonds is 8. The molecular weight excluding hydrogens is 454 g/mol. The summed E-state index contributed by atoms with van der Waals surface area (Å²) in [5.74, 6) is 0.790. The third-order valence-electron chi connectivity index (χ3n) is 6.19. The van der Waals surface area contributed by atoms with Crippen molar-refractivity contribution in [2.24, 2.45) is 0 Å². The Kier molecular flexibility index (Phi) is 7.07. The molecule has 0 aliphatic carbocycles. The molecule has 0 N–H and O–H groups in total. The van der Waals surface area contributed by atoms with E-state index in [2.05, 4.69) is 0 Å². The molecule has 0 saturated carbocycles. The summed E-state index contributed by atoms with van der Waals surface area (Å²) in [4.78, 5) is 27.7. The van der Waals surface area contributed by atoms with Crippen LogP contribution in [0.25, 0.3) is 22.1 Å². The van der Waals surface area contributed by atoms with E-state index in [1.165, 1.54) is 0 Å². The summed E-state index contributed by atoms with van der Waals surface area (Å²) in [7, 11) is -3.10. The Morgan fingerprint density at radius 3 is 2.62 bits per heavy atom. The van der Waals surface area contributed by atoms with Crippen molar-refractivity contribution in [3.05, 3.63) is 64.5 Å². The van der Waals surface area contributed by atoms with E-state index >= 15 is 0 Å². The maximum Gasteiger partial charge on any atom is 0.260 e. The van der Waals surface area contributed by atoms with Crippen molar-refractivity contribution in [1.82, 2.24) is 4.90 Å². The lowest BCUT2D eigenvalue weighted by Gasteiger charge is -2.28. The van der Waals surface area contributed by atoms with E-state index in [1.54, 1.807) is 30.0 Å². The number of unbranched alkanes of at least 4 members (excludes halogenated alkanes) is 1. The zero-order valence-electron chi connectivity index (χ0n) is 19.5. The molecule has 1 amide bonds. The fourth-order valence-electron chi connectivity index (χ4n) is 4.40. The van der Waals surface area contributed by atoms with Gasteiger partial charge in [-0.1, -0.05) is 43.7 Å². The van der Waals surface area contributed by atoms with E-state index in [9.17, 15) is 18.0 Å². The molecule has 8 heteroatoms. The third kappa shape index (κ3) is 5.17. The zero-order valence-corrected chi connectivity index (χ0v) is 20.3. The lowest BCUT2D eigenvalue weighted by Crippen LogP contribution is -2.44. The van der Waals surface area contributed by atoms with Crippen LogP contribution in [0.15, 0.2) is 57.7 Å². The Morgan fingerprint density at radius 1 is 1.18 bits per heavy atom. The van der Waals surface area contributed by atoms with E-state index in [1.807, 2.05) is 37.3 Å². The molecule has 2 heterocycles. The molecule has 2 aromatic carbocycles. The first-order chi connectivity index (χ1) is 16.3. The molecule has 34 heavy (non-hydrogen) atoms. The van der Waals surface area contributed by atoms with Crippen molar-refractivity contribution < 1.29 is 22.4 Å². The number of fused-ring (bicyclic) bond motifs is 1. The van der Waals surface area contributed by atoms with Gasteiger partial charge < -0.3 is 14.1 Å². The van der Waals surface area contributed by atoms with Crippen LogP contribution in [-0.4, -0.2) is 49.9 Å². The van der Waals surface area contributed by atoms with Crippen LogP contribution < -0.4 is 10.2 Å². The Balaban J connectivity index is 1.53. The highest BCUT2D eigenvalue weighted by Crippen LogP contribution is 2.26. The summed E-state index contributed by atoms with van der Waals surface area (Å²) in [6, 6.07) is 14.0. The highest BCUT2D eigenvalue weighted by atomic mass is 32.2. The summed E-state index contributed by atoms with van der Waals surface area (Å²) in [5, 5.41) is 0.434. The van der Waals surface area contributed by atoms with Crippen molar-refractivity contribution in [2.75, 3.05) is 24.7 Å². The molecule has 4 rings (SSSR count). The average Bonchev–Trinajstić information content (AvgIpc) is 3.17. The summed E-state index contributed by atoms with van der Waals surface area (Å²) in [6.45, 7) is 4.07. The lowest BCUT2D eigenvalue weighted by atomic mass is 10.0. The van der Waals surface area contributed by atoms with Gasteiger partial charge in [-0.2, -0.15) is 0 Å². The van der Waals surface area contributed by atoms with Crippen LogP contribution in [0.2, 0.25) is 0 Å². The number of nitrogens with zero attached hydrogens (tertiary/aromatic N) is 1. The third-order valence-corrected chi connectivity index (χ3v) is 7.94. The summed E-state index contributed by atoms with van der Waals surface area (Å²) in [6.07, 6.45) is 2.16. The number of ether oxygens (including phenoxy) is 1. The molecule has 1 aliphatic rings. The van der Waals surface area contributed by atoms with Crippen molar-refractivity contribution in [2.45, 2.75) is 39.2 Å². The average molecular weight is 484 g/mol. The number of hydrogen-bond donors (Lipinski definition) is 0. The topological polar surface area (TPSA) is 93.9 Å². The quantitative estimate of drug-likeness (QED) is 0.481. The molecule has 1 aromatic heterocycles. The summed E-state index contributed by atoms with van der Waals surface area (Å²) < 4.78 is 35.5. The minimum absolute atomic E-state index is 0.00656. The van der Waals surface area contributed by atoms with Crippen LogP contribution in [0.1, 0.15) is 31.9 Å². The van der Waals surface area contributed by atoms with E-state index in [4.69, 9.17) is 9.15 Å². The molecule has 1 aliphatic heterocycles. The second-order valence-corrected chi connectivity index (χ2v) is 10.9. The van der Waals surface area contributed by atoms with Crippen LogP contribution in [0.3, 0.4) is 0 Å². The van der Waals surface area contributed by atoms with Gasteiger partial charge >= 0.3 is 0 Å². The van der Waals surface area contributed by atoms with E-state index in [0.29, 0.717) is 41.0 Å². The Morgan fingerprint density at radius 2 is 1.94 bits per heavy atom. The predicted octanol–water partition coefficient (Wildman–Crippen LogP) is 3.96. The van der Waals surface area contributed by atoms with E-state index < -0.39 is 9.84 Å². The molecule has 1 atom stereocenters. The highest BCUT2D eigenvalue weighted by molar-refractivity contribution is 7.91. The number of carbonyl (C=O) groups excluding carboxylic acids is 1. The van der Waals surface area contributed by atoms with E-state index in [0.717, 1.165) is 18.4 Å². The number of benzene rings is 2. The van der Waals surface area contributed by atoms with Crippen LogP contribution in [-0.2, 0) is 14.6 Å². The largest absolute Gasteiger partial charge is 0.484 e. The van der Waals surface area contributed by atoms with Crippen LogP contribution >= 0.6 is 0 Å². The van der Waals surface area contributed by atoms with Crippen LogP contribution in [0, 0.1) is 6.92 Å². The SMILES string of the molecule is CCCCN(C(=O)COc1ccc2c(=O)c(-c3ccccc3)c(C)oc2c1)[C@H]1CCS(=O)(=O)C1. The summed E-state index contributed by atoms with van der Waals surface area (Å²) in [5.41, 5.74) is 1.58. The van der Waals surface area contributed by atoms with Gasteiger partial charge in [-0.3, -0.25) is 9.59 Å². The second-order valence-electron chi connectivity index (χ2n) is 8.67. The first-order valence-corrected chi connectivity index (χ1v) is 13.4. The van der Waals surface area contributed by atoms with Gasteiger partial charge in [-0.25, -0.2) is 8.42 Å². The normalized spacial score (nSPS) is 17.1. The first-order valence-electron chi connectivity index (χ1n) is 11.5. The molecule has 7 nitrogen and oxygen atoms in total. The molecule has 0 unspecified atom stereocenters. The smallest absolute Gasteiger partial charge is 0.260 e. The minimum atomic E-state index is -3.10. The standard InChI is InChI=1S/C26H29NO6S/c1-3-4-13-27(20-12-14-34(30,31)17-20)24(28)16-32-21-10-11-22-23(15-21)33-18(2)25(26(22)29)19-8-6-5-7-9-19/h5-11,15,20H,3-4,12-14,16-17H2,1-2H3/t20-/m0/s1. The van der Waals surface area contributed by atoms with Gasteiger partial charge in [0.1, 0.15) is 17.1 Å². The molecule has 3 aromatic rings. The molecule has 180 valence electrons. The van der Waals surface area contributed by atoms with Crippen molar-refractivity contribution in [1.29, 1.82) is 0 Å². The highest BCUT2D eigenvalue weighted by Gasteiger charge is 2.34. The zero-order chi connectivity index (χ0) is 24.3. The summed E-state index contributed by atoms with van der Waals surface area (Å²) >= 11 is 0. The van der Waals surface area contributed by atoms with Gasteiger partial charge in [0.2, 0.25) is 5.43 Å². The van der Waals surface area contributed by atoms with Gasteiger partial charge in [0.25, 0.3) is 5.91 Å². The number of sulfone groups is 1. The van der Waals surface area contributed by atoms with Crippen LogP contribution in [0.4, 0.5) is 0 Å². The Bertz CT molecular complexity index is 1350. The molecule has 0 spiro atoms. The Labute approximate surface area is 199 Å². The second kappa shape index (κ2) is 10.0. The monoisotopic (exact) mass is 483 g/mol. The fraction of sp³-hybridized carbons (Fsp3) is 0.385. The van der Waals surface area contributed by atoms with Crippen molar-refractivity contribution >= 4 is 26.7 Å². The molecule has 0 radical (unpaired) electrons.